The van der Waals surface area contributed by atoms with E-state index in [1.807, 2.05) is 24.3 Å². The molecule has 0 aliphatic heterocycles. The van der Waals surface area contributed by atoms with E-state index in [4.69, 9.17) is 10.5 Å². The first-order chi connectivity index (χ1) is 9.69. The first-order valence-electron chi connectivity index (χ1n) is 6.19. The average molecular weight is 272 g/mol. The standard InChI is InChI=1S/C14H16N4O2/c1-20-11-4-2-10(3-5-11)8-9-16-14(19)12-6-7-13(15)18-17-12/h2-7H,8-9H2,1H3,(H2,15,18)(H,16,19). The molecule has 2 rings (SSSR count). The molecule has 1 aromatic carbocycles. The molecule has 0 saturated heterocycles. The number of carbonyl (C=O) groups is 1. The Balaban J connectivity index is 1.82. The second-order valence-electron chi connectivity index (χ2n) is 4.20. The predicted octanol–water partition coefficient (Wildman–Crippen LogP) is 1.04. The Morgan fingerprint density at radius 2 is 1.95 bits per heavy atom. The van der Waals surface area contributed by atoms with Gasteiger partial charge in [0.1, 0.15) is 11.6 Å². The third kappa shape index (κ3) is 3.68. The van der Waals surface area contributed by atoms with Gasteiger partial charge in [0.25, 0.3) is 5.91 Å². The molecule has 0 bridgehead atoms. The third-order valence-corrected chi connectivity index (χ3v) is 2.78. The number of nitrogens with two attached hydrogens (primary N) is 1. The highest BCUT2D eigenvalue weighted by atomic mass is 16.5. The minimum absolute atomic E-state index is 0.258. The molecule has 20 heavy (non-hydrogen) atoms. The van der Waals surface area contributed by atoms with Crippen LogP contribution in [0.4, 0.5) is 5.82 Å². The molecule has 2 aromatic rings. The lowest BCUT2D eigenvalue weighted by Crippen LogP contribution is -2.26. The van der Waals surface area contributed by atoms with Crippen LogP contribution in [0, 0.1) is 0 Å². The van der Waals surface area contributed by atoms with E-state index in [9.17, 15) is 4.79 Å². The molecule has 1 heterocycles. The van der Waals surface area contributed by atoms with Gasteiger partial charge in [-0.1, -0.05) is 12.1 Å². The van der Waals surface area contributed by atoms with Gasteiger partial charge < -0.3 is 15.8 Å². The SMILES string of the molecule is COc1ccc(CCNC(=O)c2ccc(N)nn2)cc1. The van der Waals surface area contributed by atoms with Crippen LogP contribution in [0.2, 0.25) is 0 Å². The number of hydrogen-bond acceptors (Lipinski definition) is 5. The number of hydrogen-bond donors (Lipinski definition) is 2. The lowest BCUT2D eigenvalue weighted by Gasteiger charge is -2.05. The number of carbonyl (C=O) groups excluding carboxylic acids is 1. The minimum atomic E-state index is -0.258. The summed E-state index contributed by atoms with van der Waals surface area (Å²) in [5, 5.41) is 10.1. The van der Waals surface area contributed by atoms with Crippen LogP contribution in [0.3, 0.4) is 0 Å². The van der Waals surface area contributed by atoms with E-state index in [0.717, 1.165) is 17.7 Å². The number of aromatic nitrogens is 2. The van der Waals surface area contributed by atoms with Crippen molar-refractivity contribution in [3.05, 3.63) is 47.7 Å². The summed E-state index contributed by atoms with van der Waals surface area (Å²) in [6, 6.07) is 10.8. The number of ether oxygens (including phenoxy) is 1. The first-order valence-corrected chi connectivity index (χ1v) is 6.19. The van der Waals surface area contributed by atoms with Crippen molar-refractivity contribution in [3.63, 3.8) is 0 Å². The molecule has 6 heteroatoms. The molecule has 0 aliphatic rings. The molecular weight excluding hydrogens is 256 g/mol. The molecule has 0 saturated carbocycles. The Kier molecular flexibility index (Phi) is 4.49. The molecule has 104 valence electrons. The molecular formula is C14H16N4O2. The summed E-state index contributed by atoms with van der Waals surface area (Å²) in [7, 11) is 1.63. The minimum Gasteiger partial charge on any atom is -0.497 e. The maximum absolute atomic E-state index is 11.8. The van der Waals surface area contributed by atoms with Gasteiger partial charge in [0.2, 0.25) is 0 Å². The monoisotopic (exact) mass is 272 g/mol. The fourth-order valence-corrected chi connectivity index (χ4v) is 1.67. The van der Waals surface area contributed by atoms with Crippen LogP contribution in [0.5, 0.6) is 5.75 Å². The van der Waals surface area contributed by atoms with Gasteiger partial charge >= 0.3 is 0 Å². The van der Waals surface area contributed by atoms with E-state index in [1.54, 1.807) is 19.2 Å². The predicted molar refractivity (Wildman–Crippen MR) is 75.5 cm³/mol. The lowest BCUT2D eigenvalue weighted by molar-refractivity contribution is 0.0948. The fourth-order valence-electron chi connectivity index (χ4n) is 1.67. The second-order valence-corrected chi connectivity index (χ2v) is 4.20. The molecule has 3 N–H and O–H groups in total. The normalized spacial score (nSPS) is 10.1. The van der Waals surface area contributed by atoms with Crippen molar-refractivity contribution in [2.24, 2.45) is 0 Å². The van der Waals surface area contributed by atoms with E-state index >= 15 is 0 Å². The molecule has 1 aromatic heterocycles. The molecule has 1 amide bonds. The van der Waals surface area contributed by atoms with E-state index in [2.05, 4.69) is 15.5 Å². The quantitative estimate of drug-likeness (QED) is 0.848. The Morgan fingerprint density at radius 3 is 2.55 bits per heavy atom. The van der Waals surface area contributed by atoms with Crippen molar-refractivity contribution < 1.29 is 9.53 Å². The van der Waals surface area contributed by atoms with E-state index in [-0.39, 0.29) is 11.6 Å². The molecule has 0 unspecified atom stereocenters. The summed E-state index contributed by atoms with van der Waals surface area (Å²) >= 11 is 0. The molecule has 0 atom stereocenters. The molecule has 6 nitrogen and oxygen atoms in total. The highest BCUT2D eigenvalue weighted by Crippen LogP contribution is 2.11. The number of nitrogen functional groups attached to an aromatic ring is 1. The number of methoxy groups -OCH3 is 1. The van der Waals surface area contributed by atoms with Crippen LogP contribution in [0.25, 0.3) is 0 Å². The maximum atomic E-state index is 11.8. The highest BCUT2D eigenvalue weighted by molar-refractivity contribution is 5.92. The summed E-state index contributed by atoms with van der Waals surface area (Å²) in [4.78, 5) is 11.8. The fraction of sp³-hybridized carbons (Fsp3) is 0.214. The lowest BCUT2D eigenvalue weighted by atomic mass is 10.1. The Hall–Kier alpha value is -2.63. The number of benzene rings is 1. The summed E-state index contributed by atoms with van der Waals surface area (Å²) in [5.41, 5.74) is 6.79. The third-order valence-electron chi connectivity index (χ3n) is 2.78. The van der Waals surface area contributed by atoms with E-state index in [1.165, 1.54) is 0 Å². The van der Waals surface area contributed by atoms with Gasteiger partial charge in [-0.2, -0.15) is 0 Å². The summed E-state index contributed by atoms with van der Waals surface area (Å²) < 4.78 is 5.08. The molecule has 0 spiro atoms. The van der Waals surface area contributed by atoms with Gasteiger partial charge in [-0.25, -0.2) is 0 Å². The van der Waals surface area contributed by atoms with Crippen LogP contribution in [-0.4, -0.2) is 29.8 Å². The number of nitrogens with one attached hydrogen (secondary N) is 1. The van der Waals surface area contributed by atoms with Crippen molar-refractivity contribution in [2.75, 3.05) is 19.4 Å². The Bertz CT molecular complexity index is 567. The van der Waals surface area contributed by atoms with Crippen LogP contribution < -0.4 is 15.8 Å². The van der Waals surface area contributed by atoms with Crippen molar-refractivity contribution in [1.29, 1.82) is 0 Å². The zero-order valence-corrected chi connectivity index (χ0v) is 11.2. The van der Waals surface area contributed by atoms with Gasteiger partial charge in [0.05, 0.1) is 7.11 Å². The summed E-state index contributed by atoms with van der Waals surface area (Å²) in [6.07, 6.45) is 0.734. The largest absolute Gasteiger partial charge is 0.497 e. The number of anilines is 1. The van der Waals surface area contributed by atoms with Crippen molar-refractivity contribution in [1.82, 2.24) is 15.5 Å². The van der Waals surface area contributed by atoms with E-state index in [0.29, 0.717) is 12.4 Å². The molecule has 0 radical (unpaired) electrons. The van der Waals surface area contributed by atoms with Crippen LogP contribution in [-0.2, 0) is 6.42 Å². The molecule has 0 fully saturated rings. The van der Waals surface area contributed by atoms with Crippen molar-refractivity contribution >= 4 is 11.7 Å². The summed E-state index contributed by atoms with van der Waals surface area (Å²) in [5.74, 6) is 0.848. The number of amides is 1. The van der Waals surface area contributed by atoms with Gasteiger partial charge in [-0.05, 0) is 36.2 Å². The smallest absolute Gasteiger partial charge is 0.271 e. The zero-order chi connectivity index (χ0) is 14.4. The summed E-state index contributed by atoms with van der Waals surface area (Å²) in [6.45, 7) is 0.525. The first kappa shape index (κ1) is 13.8. The number of nitrogens with zero attached hydrogens (tertiary/aromatic N) is 2. The zero-order valence-electron chi connectivity index (χ0n) is 11.2. The van der Waals surface area contributed by atoms with Crippen LogP contribution >= 0.6 is 0 Å². The van der Waals surface area contributed by atoms with Crippen LogP contribution in [0.15, 0.2) is 36.4 Å². The van der Waals surface area contributed by atoms with Gasteiger partial charge in [-0.15, -0.1) is 10.2 Å². The maximum Gasteiger partial charge on any atom is 0.271 e. The average Bonchev–Trinajstić information content (AvgIpc) is 2.48. The number of rotatable bonds is 5. The van der Waals surface area contributed by atoms with Crippen molar-refractivity contribution in [2.45, 2.75) is 6.42 Å². The van der Waals surface area contributed by atoms with Gasteiger partial charge in [0, 0.05) is 6.54 Å². The van der Waals surface area contributed by atoms with Gasteiger partial charge in [0.15, 0.2) is 5.69 Å². The Morgan fingerprint density at radius 1 is 1.20 bits per heavy atom. The topological polar surface area (TPSA) is 90.1 Å². The second kappa shape index (κ2) is 6.51. The molecule has 0 aliphatic carbocycles. The van der Waals surface area contributed by atoms with Crippen molar-refractivity contribution in [3.8, 4) is 5.75 Å². The Labute approximate surface area is 117 Å². The van der Waals surface area contributed by atoms with E-state index < -0.39 is 0 Å². The highest BCUT2D eigenvalue weighted by Gasteiger charge is 2.06. The van der Waals surface area contributed by atoms with Crippen LogP contribution in [0.1, 0.15) is 16.1 Å². The van der Waals surface area contributed by atoms with Gasteiger partial charge in [-0.3, -0.25) is 4.79 Å².